The largest absolute Gasteiger partial charge is 0.310 e. The molecule has 1 heterocycles. The summed E-state index contributed by atoms with van der Waals surface area (Å²) in [6.07, 6.45) is 13.7. The molecule has 3 heteroatoms. The maximum atomic E-state index is 5.20. The highest BCUT2D eigenvalue weighted by atomic mass is 15.3. The first-order chi connectivity index (χ1) is 7.38. The normalized spacial score (nSPS) is 15.1. The highest BCUT2D eigenvalue weighted by Gasteiger charge is 2.19. The predicted molar refractivity (Wildman–Crippen MR) is 60.2 cm³/mol. The Kier molecular flexibility index (Phi) is 3.41. The van der Waals surface area contributed by atoms with E-state index in [0.717, 1.165) is 32.0 Å². The molecule has 1 aliphatic rings. The third-order valence-corrected chi connectivity index (χ3v) is 2.57. The van der Waals surface area contributed by atoms with Crippen LogP contribution >= 0.6 is 0 Å². The molecule has 1 aromatic heterocycles. The van der Waals surface area contributed by atoms with E-state index >= 15 is 0 Å². The molecular formula is C12H17N3. The zero-order valence-electron chi connectivity index (χ0n) is 8.95. The summed E-state index contributed by atoms with van der Waals surface area (Å²) in [7, 11) is 0. The van der Waals surface area contributed by atoms with Crippen molar-refractivity contribution in [2.45, 2.75) is 44.8 Å². The summed E-state index contributed by atoms with van der Waals surface area (Å²) >= 11 is 0. The molecule has 0 saturated heterocycles. The lowest BCUT2D eigenvalue weighted by Gasteiger charge is -1.99. The third-order valence-electron chi connectivity index (χ3n) is 2.57. The molecule has 0 spiro atoms. The van der Waals surface area contributed by atoms with Gasteiger partial charge in [-0.25, -0.2) is 0 Å². The molecule has 1 aliphatic carbocycles. The van der Waals surface area contributed by atoms with Gasteiger partial charge < -0.3 is 5.32 Å². The summed E-state index contributed by atoms with van der Waals surface area (Å²) < 4.78 is 1.97. The van der Waals surface area contributed by atoms with Gasteiger partial charge in [0, 0.05) is 37.3 Å². The summed E-state index contributed by atoms with van der Waals surface area (Å²) in [5, 5.41) is 7.76. The molecule has 3 nitrogen and oxygen atoms in total. The molecule has 0 aromatic carbocycles. The van der Waals surface area contributed by atoms with Crippen molar-refractivity contribution in [3.63, 3.8) is 0 Å². The molecule has 0 aliphatic heterocycles. The number of terminal acetylenes is 1. The maximum absolute atomic E-state index is 5.20. The topological polar surface area (TPSA) is 29.9 Å². The number of rotatable bonds is 6. The van der Waals surface area contributed by atoms with Crippen molar-refractivity contribution in [2.75, 3.05) is 0 Å². The minimum absolute atomic E-state index is 0.759. The second-order valence-corrected chi connectivity index (χ2v) is 4.07. The van der Waals surface area contributed by atoms with Gasteiger partial charge in [0.25, 0.3) is 0 Å². The molecule has 0 bridgehead atoms. The number of hydrogen-bond acceptors (Lipinski definition) is 2. The van der Waals surface area contributed by atoms with Crippen molar-refractivity contribution in [3.8, 4) is 12.3 Å². The summed E-state index contributed by atoms with van der Waals surface area (Å²) in [5.74, 6) is 2.64. The standard InChI is InChI=1S/C12H17N3/c1-2-3-4-7-15-10-11(9-14-15)8-13-12-5-6-12/h1,9-10,12-13H,3-8H2. The van der Waals surface area contributed by atoms with Gasteiger partial charge >= 0.3 is 0 Å². The molecule has 1 fully saturated rings. The molecular weight excluding hydrogens is 186 g/mol. The minimum Gasteiger partial charge on any atom is -0.310 e. The summed E-state index contributed by atoms with van der Waals surface area (Å²) in [5.41, 5.74) is 1.27. The quantitative estimate of drug-likeness (QED) is 0.561. The van der Waals surface area contributed by atoms with Crippen molar-refractivity contribution in [1.82, 2.24) is 15.1 Å². The van der Waals surface area contributed by atoms with Crippen LogP contribution in [0.3, 0.4) is 0 Å². The highest BCUT2D eigenvalue weighted by molar-refractivity contribution is 5.04. The van der Waals surface area contributed by atoms with E-state index in [4.69, 9.17) is 6.42 Å². The fourth-order valence-corrected chi connectivity index (χ4v) is 1.51. The van der Waals surface area contributed by atoms with Gasteiger partial charge in [-0.05, 0) is 19.3 Å². The van der Waals surface area contributed by atoms with Crippen molar-refractivity contribution in [2.24, 2.45) is 0 Å². The summed E-state index contributed by atoms with van der Waals surface area (Å²) in [6, 6.07) is 0.759. The van der Waals surface area contributed by atoms with Crippen molar-refractivity contribution in [3.05, 3.63) is 18.0 Å². The molecule has 80 valence electrons. The lowest BCUT2D eigenvalue weighted by atomic mass is 10.3. The molecule has 15 heavy (non-hydrogen) atoms. The van der Waals surface area contributed by atoms with E-state index < -0.39 is 0 Å². The Morgan fingerprint density at radius 1 is 1.60 bits per heavy atom. The van der Waals surface area contributed by atoms with Crippen molar-refractivity contribution >= 4 is 0 Å². The van der Waals surface area contributed by atoms with Crippen LogP contribution in [0.2, 0.25) is 0 Å². The van der Waals surface area contributed by atoms with Gasteiger partial charge in [0.1, 0.15) is 0 Å². The Labute approximate surface area is 90.9 Å². The second kappa shape index (κ2) is 4.99. The average molecular weight is 203 g/mol. The molecule has 0 amide bonds. The van der Waals surface area contributed by atoms with Gasteiger partial charge in [-0.2, -0.15) is 5.10 Å². The van der Waals surface area contributed by atoms with Gasteiger partial charge in [-0.3, -0.25) is 4.68 Å². The van der Waals surface area contributed by atoms with Gasteiger partial charge in [-0.1, -0.05) is 0 Å². The lowest BCUT2D eigenvalue weighted by molar-refractivity contribution is 0.586. The zero-order valence-corrected chi connectivity index (χ0v) is 8.95. The second-order valence-electron chi connectivity index (χ2n) is 4.07. The first kappa shape index (κ1) is 10.3. The van der Waals surface area contributed by atoms with Crippen LogP contribution in [0.25, 0.3) is 0 Å². The van der Waals surface area contributed by atoms with E-state index in [2.05, 4.69) is 22.5 Å². The average Bonchev–Trinajstić information content (AvgIpc) is 2.97. The Hall–Kier alpha value is -1.27. The number of aromatic nitrogens is 2. The first-order valence-electron chi connectivity index (χ1n) is 5.56. The maximum Gasteiger partial charge on any atom is 0.0534 e. The third kappa shape index (κ3) is 3.41. The van der Waals surface area contributed by atoms with Gasteiger partial charge in [-0.15, -0.1) is 12.3 Å². The van der Waals surface area contributed by atoms with E-state index in [1.54, 1.807) is 0 Å². The number of unbranched alkanes of at least 4 members (excludes halogenated alkanes) is 1. The van der Waals surface area contributed by atoms with Crippen LogP contribution in [0.4, 0.5) is 0 Å². The van der Waals surface area contributed by atoms with Crippen LogP contribution in [0.15, 0.2) is 12.4 Å². The molecule has 1 aromatic rings. The van der Waals surface area contributed by atoms with E-state index in [-0.39, 0.29) is 0 Å². The molecule has 0 radical (unpaired) electrons. The number of nitrogens with zero attached hydrogens (tertiary/aromatic N) is 2. The predicted octanol–water partition coefficient (Wildman–Crippen LogP) is 1.55. The molecule has 0 atom stereocenters. The fourth-order valence-electron chi connectivity index (χ4n) is 1.51. The Morgan fingerprint density at radius 3 is 3.20 bits per heavy atom. The van der Waals surface area contributed by atoms with Gasteiger partial charge in [0.2, 0.25) is 0 Å². The van der Waals surface area contributed by atoms with Crippen LogP contribution in [0, 0.1) is 12.3 Å². The molecule has 1 N–H and O–H groups in total. The lowest BCUT2D eigenvalue weighted by Crippen LogP contribution is -2.14. The van der Waals surface area contributed by atoms with Crippen molar-refractivity contribution in [1.29, 1.82) is 0 Å². The van der Waals surface area contributed by atoms with Crippen molar-refractivity contribution < 1.29 is 0 Å². The smallest absolute Gasteiger partial charge is 0.0534 e. The SMILES string of the molecule is C#CCCCn1cc(CNC2CC2)cn1. The van der Waals surface area contributed by atoms with Crippen LogP contribution in [0.5, 0.6) is 0 Å². The number of aryl methyl sites for hydroxylation is 1. The fraction of sp³-hybridized carbons (Fsp3) is 0.583. The highest BCUT2D eigenvalue weighted by Crippen LogP contribution is 2.19. The molecule has 0 unspecified atom stereocenters. The van der Waals surface area contributed by atoms with E-state index in [1.165, 1.54) is 18.4 Å². The van der Waals surface area contributed by atoms with Crippen LogP contribution in [-0.2, 0) is 13.1 Å². The number of hydrogen-bond donors (Lipinski definition) is 1. The van der Waals surface area contributed by atoms with Crippen LogP contribution in [0.1, 0.15) is 31.2 Å². The summed E-state index contributed by atoms with van der Waals surface area (Å²) in [6.45, 7) is 1.87. The Balaban J connectivity index is 1.73. The number of nitrogens with one attached hydrogen (secondary N) is 1. The van der Waals surface area contributed by atoms with Gasteiger partial charge in [0.15, 0.2) is 0 Å². The van der Waals surface area contributed by atoms with E-state index in [0.29, 0.717) is 0 Å². The zero-order chi connectivity index (χ0) is 10.5. The minimum atomic E-state index is 0.759. The molecule has 2 rings (SSSR count). The van der Waals surface area contributed by atoms with E-state index in [9.17, 15) is 0 Å². The molecule has 1 saturated carbocycles. The Bertz CT molecular complexity index is 344. The van der Waals surface area contributed by atoms with Crippen LogP contribution in [-0.4, -0.2) is 15.8 Å². The first-order valence-corrected chi connectivity index (χ1v) is 5.56. The van der Waals surface area contributed by atoms with Crippen LogP contribution < -0.4 is 5.32 Å². The monoisotopic (exact) mass is 203 g/mol. The Morgan fingerprint density at radius 2 is 2.47 bits per heavy atom. The van der Waals surface area contributed by atoms with Gasteiger partial charge in [0.05, 0.1) is 6.20 Å². The summed E-state index contributed by atoms with van der Waals surface area (Å²) in [4.78, 5) is 0. The van der Waals surface area contributed by atoms with E-state index in [1.807, 2.05) is 10.9 Å².